The second-order valence-electron chi connectivity index (χ2n) is 8.37. The fourth-order valence-electron chi connectivity index (χ4n) is 3.83. The van der Waals surface area contributed by atoms with Crippen LogP contribution >= 0.6 is 34.8 Å². The van der Waals surface area contributed by atoms with Crippen molar-refractivity contribution in [3.63, 3.8) is 0 Å². The number of carbonyl (C=O) groups excluding carboxylic acids is 3. The smallest absolute Gasteiger partial charge is 0.442 e. The fraction of sp³-hybridized carbons (Fsp3) is 0.550. The van der Waals surface area contributed by atoms with Crippen molar-refractivity contribution in [2.24, 2.45) is 0 Å². The normalized spacial score (nSPS) is 21.9. The molecule has 2 aliphatic heterocycles. The Morgan fingerprint density at radius 1 is 0.949 bits per heavy atom. The molecule has 3 amide bonds. The first kappa shape index (κ1) is 31.1. The first-order valence-corrected chi connectivity index (χ1v) is 12.0. The highest BCUT2D eigenvalue weighted by molar-refractivity contribution is 6.68. The minimum Gasteiger partial charge on any atom is -0.442 e. The second kappa shape index (κ2) is 11.6. The summed E-state index contributed by atoms with van der Waals surface area (Å²) in [5, 5.41) is 3.13. The van der Waals surface area contributed by atoms with E-state index in [2.05, 4.69) is 0 Å². The first-order valence-electron chi connectivity index (χ1n) is 10.9. The van der Waals surface area contributed by atoms with Gasteiger partial charge in [-0.05, 0) is 24.3 Å². The zero-order chi connectivity index (χ0) is 29.3. The number of hydrogen-bond donors (Lipinski definition) is 2. The van der Waals surface area contributed by atoms with Gasteiger partial charge in [-0.25, -0.2) is 14.1 Å². The Kier molecular flexibility index (Phi) is 9.24. The average molecular weight is 633 g/mol. The number of anilines is 2. The number of rotatable bonds is 6. The quantitative estimate of drug-likeness (QED) is 0.284. The van der Waals surface area contributed by atoms with Gasteiger partial charge in [-0.1, -0.05) is 34.8 Å². The Hall–Kier alpha value is -2.43. The van der Waals surface area contributed by atoms with E-state index in [1.165, 1.54) is 34.5 Å². The average Bonchev–Trinajstić information content (AvgIpc) is 3.19. The summed E-state index contributed by atoms with van der Waals surface area (Å²) in [5.41, 5.74) is 0.752. The largest absolute Gasteiger partial charge is 0.471 e. The van der Waals surface area contributed by atoms with Crippen LogP contribution < -0.4 is 20.4 Å². The lowest BCUT2D eigenvalue weighted by atomic mass is 10.2. The van der Waals surface area contributed by atoms with Gasteiger partial charge in [0.05, 0.1) is 19.6 Å². The van der Waals surface area contributed by atoms with Crippen LogP contribution in [0.25, 0.3) is 0 Å². The SMILES string of the molecule is O=C1OC(CNC(=O)C(F)(F)F)CN1c1ccc(N2CCN(C(NC(=O)C(F)(F)F)C(Cl)(Cl)Cl)C(F)C2)cc1. The number of halogens is 10. The number of cyclic esters (lactones) is 1. The van der Waals surface area contributed by atoms with Gasteiger partial charge in [-0.2, -0.15) is 26.3 Å². The highest BCUT2D eigenvalue weighted by Gasteiger charge is 2.48. The Morgan fingerprint density at radius 2 is 1.51 bits per heavy atom. The third kappa shape index (κ3) is 7.83. The molecule has 0 saturated carbocycles. The van der Waals surface area contributed by atoms with Crippen molar-refractivity contribution in [3.8, 4) is 0 Å². The molecule has 1 aromatic carbocycles. The van der Waals surface area contributed by atoms with Crippen LogP contribution in [-0.2, 0) is 14.3 Å². The second-order valence-corrected chi connectivity index (χ2v) is 10.7. The van der Waals surface area contributed by atoms with E-state index in [9.17, 15) is 40.7 Å². The van der Waals surface area contributed by atoms with Gasteiger partial charge in [0, 0.05) is 24.5 Å². The molecule has 2 heterocycles. The van der Waals surface area contributed by atoms with Gasteiger partial charge in [-0.15, -0.1) is 0 Å². The van der Waals surface area contributed by atoms with Gasteiger partial charge < -0.3 is 20.3 Å². The Balaban J connectivity index is 1.61. The Bertz CT molecular complexity index is 1070. The zero-order valence-corrected chi connectivity index (χ0v) is 21.6. The van der Waals surface area contributed by atoms with Crippen molar-refractivity contribution in [1.82, 2.24) is 15.5 Å². The van der Waals surface area contributed by atoms with E-state index >= 15 is 4.39 Å². The lowest BCUT2D eigenvalue weighted by molar-refractivity contribution is -0.176. The van der Waals surface area contributed by atoms with Crippen LogP contribution in [-0.4, -0.2) is 90.2 Å². The molecule has 2 aliphatic rings. The summed E-state index contributed by atoms with van der Waals surface area (Å²) in [4.78, 5) is 37.9. The fourth-order valence-corrected chi connectivity index (χ4v) is 4.37. The molecule has 19 heteroatoms. The van der Waals surface area contributed by atoms with Gasteiger partial charge in [0.2, 0.25) is 3.79 Å². The maximum Gasteiger partial charge on any atom is 0.471 e. The lowest BCUT2D eigenvalue weighted by Crippen LogP contribution is -2.64. The topological polar surface area (TPSA) is 94.2 Å². The molecular weight excluding hydrogens is 614 g/mol. The van der Waals surface area contributed by atoms with Crippen LogP contribution in [0.15, 0.2) is 24.3 Å². The molecule has 2 fully saturated rings. The number of amides is 3. The Labute approximate surface area is 231 Å². The first-order chi connectivity index (χ1) is 17.9. The number of nitrogens with zero attached hydrogens (tertiary/aromatic N) is 3. The molecule has 0 radical (unpaired) electrons. The molecule has 0 spiro atoms. The molecule has 9 nitrogen and oxygen atoms in total. The lowest BCUT2D eigenvalue weighted by Gasteiger charge is -2.44. The minimum atomic E-state index is -5.29. The Morgan fingerprint density at radius 3 is 2.03 bits per heavy atom. The molecule has 218 valence electrons. The van der Waals surface area contributed by atoms with Gasteiger partial charge >= 0.3 is 30.3 Å². The number of hydrogen-bond acceptors (Lipinski definition) is 6. The van der Waals surface area contributed by atoms with Crippen LogP contribution in [0.3, 0.4) is 0 Å². The van der Waals surface area contributed by atoms with E-state index in [4.69, 9.17) is 39.5 Å². The van der Waals surface area contributed by atoms with Crippen LogP contribution in [0.5, 0.6) is 0 Å². The predicted octanol–water partition coefficient (Wildman–Crippen LogP) is 3.48. The van der Waals surface area contributed by atoms with E-state index in [1.54, 1.807) is 5.32 Å². The van der Waals surface area contributed by atoms with E-state index in [0.717, 1.165) is 9.80 Å². The van der Waals surface area contributed by atoms with Crippen LogP contribution in [0.2, 0.25) is 0 Å². The van der Waals surface area contributed by atoms with Crippen molar-refractivity contribution in [3.05, 3.63) is 24.3 Å². The predicted molar refractivity (Wildman–Crippen MR) is 125 cm³/mol. The summed E-state index contributed by atoms with van der Waals surface area (Å²) in [6.45, 7) is -1.29. The van der Waals surface area contributed by atoms with E-state index < -0.39 is 59.2 Å². The maximum absolute atomic E-state index is 15.0. The number of carbonyl (C=O) groups is 3. The number of benzene rings is 1. The summed E-state index contributed by atoms with van der Waals surface area (Å²) in [6, 6.07) is 5.92. The molecule has 3 unspecified atom stereocenters. The standard InChI is InChI=1S/C20H19Cl3F7N5O4/c21-18(22,23)14(32-16(37)20(28,29)30)34-6-5-33(9-13(34)24)10-1-3-11(4-2-10)35-8-12(39-17(35)38)7-31-15(36)19(25,26)27/h1-4,12-14H,5-9H2,(H,31,36)(H,32,37). The molecule has 0 aromatic heterocycles. The minimum absolute atomic E-state index is 0.0473. The number of alkyl halides is 10. The molecule has 3 atom stereocenters. The van der Waals surface area contributed by atoms with Gasteiger partial charge in [0.25, 0.3) is 0 Å². The highest BCUT2D eigenvalue weighted by Crippen LogP contribution is 2.35. The molecule has 2 N–H and O–H groups in total. The zero-order valence-electron chi connectivity index (χ0n) is 19.3. The number of nitrogens with one attached hydrogen (secondary N) is 2. The molecule has 3 rings (SSSR count). The van der Waals surface area contributed by atoms with Crippen LogP contribution in [0, 0.1) is 0 Å². The van der Waals surface area contributed by atoms with Crippen molar-refractivity contribution in [2.45, 2.75) is 34.7 Å². The van der Waals surface area contributed by atoms with Crippen molar-refractivity contribution >= 4 is 64.1 Å². The van der Waals surface area contributed by atoms with Crippen LogP contribution in [0.1, 0.15) is 0 Å². The van der Waals surface area contributed by atoms with Gasteiger partial charge in [0.15, 0.2) is 6.30 Å². The maximum atomic E-state index is 15.0. The molecular formula is C20H19Cl3F7N5O4. The summed E-state index contributed by atoms with van der Waals surface area (Å²) in [5.74, 6) is -4.58. The van der Waals surface area contributed by atoms with Crippen molar-refractivity contribution < 1.29 is 49.9 Å². The molecule has 0 aliphatic carbocycles. The van der Waals surface area contributed by atoms with Gasteiger partial charge in [0.1, 0.15) is 12.3 Å². The summed E-state index contributed by atoms with van der Waals surface area (Å²) >= 11 is 17.1. The highest BCUT2D eigenvalue weighted by atomic mass is 35.6. The summed E-state index contributed by atoms with van der Waals surface area (Å²) < 4.78 is 92.6. The number of ether oxygens (including phenoxy) is 1. The molecule has 39 heavy (non-hydrogen) atoms. The van der Waals surface area contributed by atoms with E-state index in [-0.39, 0.29) is 26.2 Å². The molecule has 1 aromatic rings. The monoisotopic (exact) mass is 631 g/mol. The third-order valence-electron chi connectivity index (χ3n) is 5.67. The van der Waals surface area contributed by atoms with E-state index in [0.29, 0.717) is 11.4 Å². The number of piperazine rings is 1. The third-order valence-corrected chi connectivity index (χ3v) is 6.29. The molecule has 0 bridgehead atoms. The summed E-state index contributed by atoms with van der Waals surface area (Å²) in [7, 11) is 0. The molecule has 2 saturated heterocycles. The van der Waals surface area contributed by atoms with Crippen molar-refractivity contribution in [1.29, 1.82) is 0 Å². The van der Waals surface area contributed by atoms with Crippen LogP contribution in [0.4, 0.5) is 46.9 Å². The van der Waals surface area contributed by atoms with Gasteiger partial charge in [-0.3, -0.25) is 14.5 Å². The van der Waals surface area contributed by atoms with E-state index in [1.807, 2.05) is 0 Å². The van der Waals surface area contributed by atoms with Crippen molar-refractivity contribution in [2.75, 3.05) is 42.5 Å². The summed E-state index contributed by atoms with van der Waals surface area (Å²) in [6.07, 6.45) is -16.2.